The highest BCUT2D eigenvalue weighted by Gasteiger charge is 2.74. The van der Waals surface area contributed by atoms with Crippen LogP contribution in [0.2, 0.25) is 0 Å². The van der Waals surface area contributed by atoms with Gasteiger partial charge in [-0.25, -0.2) is 0 Å². The Morgan fingerprint density at radius 3 is 2.05 bits per heavy atom. The van der Waals surface area contributed by atoms with E-state index in [0.29, 0.717) is 5.69 Å². The fourth-order valence-electron chi connectivity index (χ4n) is 7.37. The summed E-state index contributed by atoms with van der Waals surface area (Å²) in [6, 6.07) is 11.8. The minimum atomic E-state index is -1.47. The van der Waals surface area contributed by atoms with Gasteiger partial charge in [-0.2, -0.15) is 0 Å². The smallest absolute Gasteiger partial charge is 0.261 e. The first-order valence-electron chi connectivity index (χ1n) is 12.7. The minimum Gasteiger partial charge on any atom is -0.361 e. The van der Waals surface area contributed by atoms with Crippen LogP contribution in [0.1, 0.15) is 22.7 Å². The Morgan fingerprint density at radius 1 is 0.850 bits per heavy atom. The van der Waals surface area contributed by atoms with Gasteiger partial charge in [0, 0.05) is 71.6 Å². The van der Waals surface area contributed by atoms with Crippen LogP contribution in [0.4, 0.5) is 0 Å². The van der Waals surface area contributed by atoms with E-state index < -0.39 is 17.0 Å². The lowest BCUT2D eigenvalue weighted by Gasteiger charge is -2.53. The summed E-state index contributed by atoms with van der Waals surface area (Å²) in [4.78, 5) is 42.4. The lowest BCUT2D eigenvalue weighted by Crippen LogP contribution is -2.67. The van der Waals surface area contributed by atoms with Gasteiger partial charge >= 0.3 is 0 Å². The molecule has 2 fully saturated rings. The predicted molar refractivity (Wildman–Crippen MR) is 159 cm³/mol. The number of likely N-dealkylation sites (N-methyl/N-ethyl adjacent to an activating group) is 4. The van der Waals surface area contributed by atoms with Gasteiger partial charge in [-0.1, -0.05) is 44.0 Å². The molecule has 40 heavy (non-hydrogen) atoms. The molecule has 3 aliphatic rings. The van der Waals surface area contributed by atoms with Crippen molar-refractivity contribution in [2.24, 2.45) is 0 Å². The SMILES string of the molecule is CN1C(=N)N(C)[C@]2(Cc3c([nH]c4cc(Br)ccc34)[C@]3(C(=O)N(C)C(=N)N3C)[C@@H]2c2c[nH]c3cc(Br)ccc23)C1=O. The zero-order chi connectivity index (χ0) is 28.5. The highest BCUT2D eigenvalue weighted by Crippen LogP contribution is 2.61. The van der Waals surface area contributed by atoms with Gasteiger partial charge in [0.2, 0.25) is 11.9 Å². The molecule has 2 saturated heterocycles. The summed E-state index contributed by atoms with van der Waals surface area (Å²) in [6.07, 6.45) is 2.15. The Hall–Kier alpha value is -3.64. The summed E-state index contributed by atoms with van der Waals surface area (Å²) in [7, 11) is 6.73. The summed E-state index contributed by atoms with van der Waals surface area (Å²) < 4.78 is 1.78. The van der Waals surface area contributed by atoms with E-state index in [9.17, 15) is 9.59 Å². The fourth-order valence-corrected chi connectivity index (χ4v) is 8.10. The number of fused-ring (bicyclic) bond motifs is 5. The maximum atomic E-state index is 14.7. The molecule has 0 bridgehead atoms. The van der Waals surface area contributed by atoms with E-state index in [-0.39, 0.29) is 30.2 Å². The third-order valence-corrected chi connectivity index (χ3v) is 10.3. The molecule has 4 N–H and O–H groups in total. The molecule has 12 heteroatoms. The first kappa shape index (κ1) is 25.3. The first-order valence-corrected chi connectivity index (χ1v) is 14.3. The van der Waals surface area contributed by atoms with E-state index in [0.717, 1.165) is 41.9 Å². The molecule has 2 spiro atoms. The monoisotopic (exact) mass is 664 g/mol. The lowest BCUT2D eigenvalue weighted by atomic mass is 9.58. The maximum absolute atomic E-state index is 14.7. The highest BCUT2D eigenvalue weighted by molar-refractivity contribution is 9.10. The van der Waals surface area contributed by atoms with E-state index in [1.807, 2.05) is 42.6 Å². The quantitative estimate of drug-likeness (QED) is 0.244. The Balaban J connectivity index is 1.68. The highest BCUT2D eigenvalue weighted by atomic mass is 79.9. The molecule has 10 nitrogen and oxygen atoms in total. The number of carbonyl (C=O) groups excluding carboxylic acids is 2. The molecule has 204 valence electrons. The first-order chi connectivity index (χ1) is 19.0. The van der Waals surface area contributed by atoms with E-state index in [1.54, 1.807) is 38.0 Å². The van der Waals surface area contributed by atoms with Crippen molar-refractivity contribution >= 4 is 77.4 Å². The van der Waals surface area contributed by atoms with Crippen LogP contribution in [-0.4, -0.2) is 87.0 Å². The molecule has 2 amide bonds. The van der Waals surface area contributed by atoms with Crippen LogP contribution in [0.5, 0.6) is 0 Å². The van der Waals surface area contributed by atoms with Gasteiger partial charge in [-0.05, 0) is 35.4 Å². The van der Waals surface area contributed by atoms with Crippen LogP contribution in [0, 0.1) is 10.8 Å². The van der Waals surface area contributed by atoms with Crippen LogP contribution in [-0.2, 0) is 21.5 Å². The van der Waals surface area contributed by atoms with Crippen molar-refractivity contribution in [2.75, 3.05) is 28.2 Å². The van der Waals surface area contributed by atoms with Gasteiger partial charge in [0.15, 0.2) is 5.54 Å². The normalized spacial score (nSPS) is 26.6. The van der Waals surface area contributed by atoms with E-state index >= 15 is 0 Å². The zero-order valence-electron chi connectivity index (χ0n) is 22.2. The second-order valence-corrected chi connectivity index (χ2v) is 12.7. The number of nitrogens with zero attached hydrogens (tertiary/aromatic N) is 4. The fraction of sp³-hybridized carbons (Fsp3) is 0.286. The van der Waals surface area contributed by atoms with Crippen LogP contribution in [0.25, 0.3) is 21.8 Å². The van der Waals surface area contributed by atoms with Gasteiger partial charge in [0.05, 0.1) is 11.6 Å². The zero-order valence-corrected chi connectivity index (χ0v) is 25.4. The molecule has 4 heterocycles. The third-order valence-electron chi connectivity index (χ3n) is 9.28. The molecule has 0 saturated carbocycles. The number of halogens is 2. The van der Waals surface area contributed by atoms with Crippen LogP contribution in [0.15, 0.2) is 51.5 Å². The average Bonchev–Trinajstić information content (AvgIpc) is 3.59. The van der Waals surface area contributed by atoms with Crippen LogP contribution >= 0.6 is 31.9 Å². The topological polar surface area (TPSA) is 126 Å². The van der Waals surface area contributed by atoms with Crippen molar-refractivity contribution < 1.29 is 9.59 Å². The number of aromatic amines is 2. The largest absolute Gasteiger partial charge is 0.361 e. The van der Waals surface area contributed by atoms with Crippen molar-refractivity contribution in [3.63, 3.8) is 0 Å². The molecular weight excluding hydrogens is 640 g/mol. The molecule has 2 aromatic carbocycles. The lowest BCUT2D eigenvalue weighted by molar-refractivity contribution is -0.142. The molecule has 2 aliphatic heterocycles. The van der Waals surface area contributed by atoms with E-state index in [1.165, 1.54) is 9.80 Å². The Labute approximate surface area is 246 Å². The number of nitrogens with one attached hydrogen (secondary N) is 4. The summed E-state index contributed by atoms with van der Waals surface area (Å²) in [5, 5.41) is 19.6. The molecule has 2 aromatic heterocycles. The third kappa shape index (κ3) is 2.73. The van der Waals surface area contributed by atoms with Crippen molar-refractivity contribution in [2.45, 2.75) is 23.4 Å². The van der Waals surface area contributed by atoms with Gasteiger partial charge in [0.1, 0.15) is 5.54 Å². The molecule has 0 unspecified atom stereocenters. The number of amides is 2. The number of hydrogen-bond donors (Lipinski definition) is 4. The molecule has 4 aromatic rings. The number of rotatable bonds is 1. The number of benzene rings is 2. The van der Waals surface area contributed by atoms with E-state index in [2.05, 4.69) is 41.8 Å². The summed E-state index contributed by atoms with van der Waals surface area (Å²) in [5.74, 6) is -1.24. The number of H-pyrrole nitrogens is 2. The molecule has 3 atom stereocenters. The number of aromatic nitrogens is 2. The summed E-state index contributed by atoms with van der Waals surface area (Å²) >= 11 is 7.12. The second-order valence-electron chi connectivity index (χ2n) is 10.9. The van der Waals surface area contributed by atoms with Crippen molar-refractivity contribution in [3.8, 4) is 0 Å². The van der Waals surface area contributed by atoms with Crippen molar-refractivity contribution in [1.29, 1.82) is 10.8 Å². The van der Waals surface area contributed by atoms with Gasteiger partial charge in [-0.15, -0.1) is 0 Å². The Bertz CT molecular complexity index is 1840. The molecule has 7 rings (SSSR count). The Morgan fingerprint density at radius 2 is 1.45 bits per heavy atom. The van der Waals surface area contributed by atoms with Crippen LogP contribution in [0.3, 0.4) is 0 Å². The molecule has 0 radical (unpaired) electrons. The second kappa shape index (κ2) is 7.97. The van der Waals surface area contributed by atoms with Crippen molar-refractivity contribution in [3.05, 3.63) is 68.4 Å². The van der Waals surface area contributed by atoms with Gasteiger partial charge < -0.3 is 19.8 Å². The number of guanidine groups is 2. The summed E-state index contributed by atoms with van der Waals surface area (Å²) in [5.41, 5.74) is 1.19. The average molecular weight is 666 g/mol. The predicted octanol–water partition coefficient (Wildman–Crippen LogP) is 4.13. The molecule has 1 aliphatic carbocycles. The summed E-state index contributed by atoms with van der Waals surface area (Å²) in [6.45, 7) is 0. The minimum absolute atomic E-state index is 0.0388. The van der Waals surface area contributed by atoms with E-state index in [4.69, 9.17) is 10.8 Å². The van der Waals surface area contributed by atoms with Crippen molar-refractivity contribution in [1.82, 2.24) is 29.6 Å². The Kier molecular flexibility index (Phi) is 5.05. The number of hydrogen-bond acceptors (Lipinski definition) is 4. The van der Waals surface area contributed by atoms with Gasteiger partial charge in [-0.3, -0.25) is 30.2 Å². The maximum Gasteiger partial charge on any atom is 0.261 e. The van der Waals surface area contributed by atoms with Gasteiger partial charge in [0.25, 0.3) is 11.8 Å². The number of carbonyl (C=O) groups is 2. The standard InChI is InChI=1S/C28H26Br2N8O2/c1-35-23(39)27(37(3)25(35)31)11-17-15-7-5-14(30)10-20(15)34-22(17)28(24(40)36(2)26(32)38(28)4)21(27)18-12-33-19-9-13(29)6-8-16(18)19/h5-10,12,21,31-34H,11H2,1-4H3/t21-,27+,28+/m1/s1. The molecular formula is C28H26Br2N8O2. The van der Waals surface area contributed by atoms with Crippen LogP contribution < -0.4 is 0 Å².